The molecule has 1 aliphatic rings. The normalized spacial score (nSPS) is 14.2. The predicted octanol–water partition coefficient (Wildman–Crippen LogP) is 7.29. The lowest BCUT2D eigenvalue weighted by Crippen LogP contribution is -2.47. The van der Waals surface area contributed by atoms with Gasteiger partial charge in [-0.05, 0) is 50.1 Å². The number of amides is 1. The van der Waals surface area contributed by atoms with Crippen LogP contribution in [0.4, 0.5) is 5.69 Å². The van der Waals surface area contributed by atoms with Crippen molar-refractivity contribution in [3.8, 4) is 11.3 Å². The van der Waals surface area contributed by atoms with Crippen LogP contribution in [0.2, 0.25) is 10.0 Å². The van der Waals surface area contributed by atoms with Crippen molar-refractivity contribution in [3.63, 3.8) is 0 Å². The molecule has 0 aliphatic carbocycles. The first kappa shape index (κ1) is 28.5. The van der Waals surface area contributed by atoms with Crippen molar-refractivity contribution in [2.24, 2.45) is 0 Å². The van der Waals surface area contributed by atoms with Crippen molar-refractivity contribution in [2.45, 2.75) is 52.5 Å². The van der Waals surface area contributed by atoms with Crippen LogP contribution in [-0.4, -0.2) is 54.6 Å². The lowest BCUT2D eigenvalue weighted by atomic mass is 10.1. The number of unbranched alkanes of at least 4 members (excludes halogenated alkanes) is 3. The van der Waals surface area contributed by atoms with Crippen LogP contribution in [0.25, 0.3) is 11.3 Å². The van der Waals surface area contributed by atoms with Gasteiger partial charge in [-0.2, -0.15) is 0 Å². The Kier molecular flexibility index (Phi) is 10.6. The number of nitrogens with zero attached hydrogens (tertiary/aromatic N) is 3. The lowest BCUT2D eigenvalue weighted by Gasteiger charge is -2.36. The zero-order valence-corrected chi connectivity index (χ0v) is 24.2. The molecule has 4 rings (SSSR count). The van der Waals surface area contributed by atoms with E-state index in [2.05, 4.69) is 63.9 Å². The van der Waals surface area contributed by atoms with Crippen LogP contribution in [0.15, 0.2) is 54.6 Å². The fourth-order valence-corrected chi connectivity index (χ4v) is 5.67. The van der Waals surface area contributed by atoms with Gasteiger partial charge >= 0.3 is 0 Å². The molecule has 0 atom stereocenters. The zero-order valence-electron chi connectivity index (χ0n) is 22.7. The molecule has 3 aromatic rings. The maximum atomic E-state index is 13.2. The Morgan fingerprint density at radius 3 is 2.39 bits per heavy atom. The van der Waals surface area contributed by atoms with Crippen molar-refractivity contribution in [2.75, 3.05) is 44.2 Å². The molecule has 2 aromatic carbocycles. The number of rotatable bonds is 12. The number of benzene rings is 2. The second-order valence-corrected chi connectivity index (χ2v) is 10.9. The van der Waals surface area contributed by atoms with E-state index in [9.17, 15) is 4.79 Å². The minimum absolute atomic E-state index is 0.0207. The Labute approximate surface area is 237 Å². The summed E-state index contributed by atoms with van der Waals surface area (Å²) in [7, 11) is 0. The molecule has 0 saturated carbocycles. The van der Waals surface area contributed by atoms with E-state index >= 15 is 0 Å². The predicted molar refractivity (Wildman–Crippen MR) is 161 cm³/mol. The highest BCUT2D eigenvalue weighted by molar-refractivity contribution is 6.43. The third-order valence-corrected chi connectivity index (χ3v) is 8.31. The average Bonchev–Trinajstić information content (AvgIpc) is 3.27. The first-order chi connectivity index (χ1) is 18.5. The first-order valence-electron chi connectivity index (χ1n) is 13.9. The third-order valence-electron chi connectivity index (χ3n) is 7.50. The number of nitrogens with one attached hydrogen (secondary N) is 1. The summed E-state index contributed by atoms with van der Waals surface area (Å²) in [6.45, 7) is 10.6. The van der Waals surface area contributed by atoms with Gasteiger partial charge in [0.05, 0.1) is 21.3 Å². The zero-order chi connectivity index (χ0) is 26.9. The quantitative estimate of drug-likeness (QED) is 0.239. The summed E-state index contributed by atoms with van der Waals surface area (Å²) in [5.74, 6) is 0.0207. The second-order valence-electron chi connectivity index (χ2n) is 10.1. The first-order valence-corrected chi connectivity index (χ1v) is 14.7. The molecule has 0 unspecified atom stereocenters. The van der Waals surface area contributed by atoms with E-state index in [4.69, 9.17) is 23.2 Å². The molecule has 1 saturated heterocycles. The Morgan fingerprint density at radius 1 is 0.895 bits per heavy atom. The maximum absolute atomic E-state index is 13.2. The van der Waals surface area contributed by atoms with Crippen LogP contribution in [0.3, 0.4) is 0 Å². The van der Waals surface area contributed by atoms with Gasteiger partial charge < -0.3 is 14.8 Å². The summed E-state index contributed by atoms with van der Waals surface area (Å²) >= 11 is 12.6. The molecule has 1 aliphatic heterocycles. The summed E-state index contributed by atoms with van der Waals surface area (Å²) < 4.78 is 2.32. The minimum atomic E-state index is 0.0207. The number of hydrogen-bond acceptors (Lipinski definition) is 3. The molecule has 2 heterocycles. The summed E-state index contributed by atoms with van der Waals surface area (Å²) in [6.07, 6.45) is 5.73. The molecule has 204 valence electrons. The van der Waals surface area contributed by atoms with Gasteiger partial charge in [0, 0.05) is 50.7 Å². The van der Waals surface area contributed by atoms with Crippen molar-refractivity contribution >= 4 is 34.8 Å². The van der Waals surface area contributed by atoms with E-state index in [1.165, 1.54) is 19.3 Å². The number of halogens is 2. The molecule has 1 N–H and O–H groups in total. The van der Waals surface area contributed by atoms with Gasteiger partial charge in [-0.15, -0.1) is 0 Å². The van der Waals surface area contributed by atoms with Crippen LogP contribution >= 0.6 is 23.2 Å². The lowest BCUT2D eigenvalue weighted by molar-refractivity contribution is 0.0950. The van der Waals surface area contributed by atoms with Gasteiger partial charge in [0.2, 0.25) is 0 Å². The van der Waals surface area contributed by atoms with Crippen molar-refractivity contribution < 1.29 is 4.79 Å². The topological polar surface area (TPSA) is 40.5 Å². The van der Waals surface area contributed by atoms with E-state index in [-0.39, 0.29) is 5.91 Å². The summed E-state index contributed by atoms with van der Waals surface area (Å²) in [4.78, 5) is 17.9. The fourth-order valence-electron chi connectivity index (χ4n) is 5.26. The van der Waals surface area contributed by atoms with Gasteiger partial charge in [0.25, 0.3) is 5.91 Å². The number of carbonyl (C=O) groups is 1. The second kappa shape index (κ2) is 14.1. The number of carbonyl (C=O) groups excluding carboxylic acids is 1. The Bertz CT molecular complexity index is 1190. The molecule has 1 fully saturated rings. The highest BCUT2D eigenvalue weighted by atomic mass is 35.5. The third kappa shape index (κ3) is 7.13. The van der Waals surface area contributed by atoms with Crippen LogP contribution in [0.5, 0.6) is 0 Å². The SMILES string of the molecule is CCCCCCn1c(-c2ccccc2)cc(C(=O)NCCCN2CCN(c3cccc(Cl)c3Cl)CC2)c1C. The molecular formula is C31H40Cl2N4O. The van der Waals surface area contributed by atoms with E-state index in [1.54, 1.807) is 0 Å². The molecule has 5 nitrogen and oxygen atoms in total. The van der Waals surface area contributed by atoms with Crippen LogP contribution in [0, 0.1) is 6.92 Å². The molecule has 1 amide bonds. The Hall–Kier alpha value is -2.47. The molecule has 0 spiro atoms. The van der Waals surface area contributed by atoms with Gasteiger partial charge in [-0.3, -0.25) is 9.69 Å². The fraction of sp³-hybridized carbons (Fsp3) is 0.452. The van der Waals surface area contributed by atoms with E-state index in [0.717, 1.165) is 80.3 Å². The molecule has 0 radical (unpaired) electrons. The number of hydrogen-bond donors (Lipinski definition) is 1. The smallest absolute Gasteiger partial charge is 0.253 e. The van der Waals surface area contributed by atoms with Crippen molar-refractivity contribution in [1.29, 1.82) is 0 Å². The van der Waals surface area contributed by atoms with Crippen molar-refractivity contribution in [1.82, 2.24) is 14.8 Å². The average molecular weight is 556 g/mol. The monoisotopic (exact) mass is 554 g/mol. The van der Waals surface area contributed by atoms with Crippen molar-refractivity contribution in [3.05, 3.63) is 75.9 Å². The highest BCUT2D eigenvalue weighted by Gasteiger charge is 2.21. The highest BCUT2D eigenvalue weighted by Crippen LogP contribution is 2.33. The Morgan fingerprint density at radius 2 is 1.66 bits per heavy atom. The van der Waals surface area contributed by atoms with Gasteiger partial charge in [0.1, 0.15) is 0 Å². The number of piperazine rings is 1. The molecule has 38 heavy (non-hydrogen) atoms. The summed E-state index contributed by atoms with van der Waals surface area (Å²) in [5.41, 5.74) is 5.12. The van der Waals surface area contributed by atoms with Crippen LogP contribution in [0.1, 0.15) is 55.1 Å². The van der Waals surface area contributed by atoms with Gasteiger partial charge in [-0.1, -0.05) is 85.8 Å². The molecular weight excluding hydrogens is 515 g/mol. The summed E-state index contributed by atoms with van der Waals surface area (Å²) in [6, 6.07) is 18.3. The van der Waals surface area contributed by atoms with Crippen LogP contribution in [-0.2, 0) is 6.54 Å². The largest absolute Gasteiger partial charge is 0.368 e. The molecule has 1 aromatic heterocycles. The van der Waals surface area contributed by atoms with Gasteiger partial charge in [-0.25, -0.2) is 0 Å². The van der Waals surface area contributed by atoms with E-state index in [1.807, 2.05) is 24.3 Å². The number of anilines is 1. The standard InChI is InChI=1S/C31H40Cl2N4O/c1-3-4-5-9-18-37-24(2)26(23-29(37)25-12-7-6-8-13-25)31(38)34-16-11-17-35-19-21-36(22-20-35)28-15-10-14-27(32)30(28)33/h6-8,10,12-15,23H,3-5,9,11,16-22H2,1-2H3,(H,34,38). The summed E-state index contributed by atoms with van der Waals surface area (Å²) in [5, 5.41) is 4.40. The minimum Gasteiger partial charge on any atom is -0.368 e. The molecule has 0 bridgehead atoms. The van der Waals surface area contributed by atoms with Crippen LogP contribution < -0.4 is 10.2 Å². The Balaban J connectivity index is 1.29. The van der Waals surface area contributed by atoms with E-state index < -0.39 is 0 Å². The van der Waals surface area contributed by atoms with Gasteiger partial charge in [0.15, 0.2) is 0 Å². The number of aromatic nitrogens is 1. The molecule has 7 heteroatoms. The maximum Gasteiger partial charge on any atom is 0.253 e. The van der Waals surface area contributed by atoms with E-state index in [0.29, 0.717) is 16.6 Å².